The van der Waals surface area contributed by atoms with E-state index >= 15 is 0 Å². The molecule has 2 N–H and O–H groups in total. The highest BCUT2D eigenvalue weighted by molar-refractivity contribution is 5.77. The molecule has 0 saturated heterocycles. The number of aromatic amines is 1. The van der Waals surface area contributed by atoms with E-state index in [1.54, 1.807) is 10.8 Å². The highest BCUT2D eigenvalue weighted by Crippen LogP contribution is 2.19. The summed E-state index contributed by atoms with van der Waals surface area (Å²) in [5.41, 5.74) is 5.24. The first-order chi connectivity index (χ1) is 12.8. The summed E-state index contributed by atoms with van der Waals surface area (Å²) in [6.07, 6.45) is 5.79. The Morgan fingerprint density at radius 3 is 2.62 bits per heavy atom. The summed E-state index contributed by atoms with van der Waals surface area (Å²) in [5, 5.41) is 3.18. The topological polar surface area (TPSA) is 62.7 Å². The molecule has 0 radical (unpaired) electrons. The van der Waals surface area contributed by atoms with Gasteiger partial charge in [0, 0.05) is 18.9 Å². The van der Waals surface area contributed by atoms with Crippen molar-refractivity contribution in [2.75, 3.05) is 12.4 Å². The van der Waals surface area contributed by atoms with Gasteiger partial charge in [0.1, 0.15) is 0 Å². The standard InChI is InChI=1S/C21H18N4O/c1-22-18-6-3-2-5-16(18)11-8-15-9-12-17(13-10-15)25-19-7-4-14-23-20(19)24-21(25)26/h2-14,22H,1H3,(H,23,24,26)/b11-8+. The molecule has 2 aromatic heterocycles. The van der Waals surface area contributed by atoms with Crippen LogP contribution < -0.4 is 11.0 Å². The highest BCUT2D eigenvalue weighted by atomic mass is 16.1. The maximum absolute atomic E-state index is 12.3. The largest absolute Gasteiger partial charge is 0.388 e. The lowest BCUT2D eigenvalue weighted by Crippen LogP contribution is -2.14. The van der Waals surface area contributed by atoms with Gasteiger partial charge in [0.25, 0.3) is 0 Å². The fourth-order valence-corrected chi connectivity index (χ4v) is 2.99. The molecule has 4 rings (SSSR count). The number of H-pyrrole nitrogens is 1. The van der Waals surface area contributed by atoms with Crippen LogP contribution in [0.5, 0.6) is 0 Å². The van der Waals surface area contributed by atoms with Crippen LogP contribution in [0.4, 0.5) is 5.69 Å². The normalized spacial score (nSPS) is 11.3. The van der Waals surface area contributed by atoms with E-state index in [-0.39, 0.29) is 5.69 Å². The molecule has 2 heterocycles. The third-order valence-corrected chi connectivity index (χ3v) is 4.29. The van der Waals surface area contributed by atoms with Crippen LogP contribution >= 0.6 is 0 Å². The number of pyridine rings is 1. The number of hydrogen-bond donors (Lipinski definition) is 2. The first-order valence-corrected chi connectivity index (χ1v) is 8.37. The third kappa shape index (κ3) is 2.91. The number of fused-ring (bicyclic) bond motifs is 1. The van der Waals surface area contributed by atoms with Crippen LogP contribution in [0.3, 0.4) is 0 Å². The number of anilines is 1. The van der Waals surface area contributed by atoms with Crippen molar-refractivity contribution in [1.82, 2.24) is 14.5 Å². The Balaban J connectivity index is 1.66. The Kier molecular flexibility index (Phi) is 4.11. The molecule has 0 amide bonds. The molecule has 5 nitrogen and oxygen atoms in total. The van der Waals surface area contributed by atoms with E-state index in [1.165, 1.54) is 0 Å². The van der Waals surface area contributed by atoms with Gasteiger partial charge in [0.2, 0.25) is 0 Å². The maximum Gasteiger partial charge on any atom is 0.332 e. The number of nitrogens with one attached hydrogen (secondary N) is 2. The van der Waals surface area contributed by atoms with Crippen LogP contribution in [-0.4, -0.2) is 21.6 Å². The molecular weight excluding hydrogens is 324 g/mol. The van der Waals surface area contributed by atoms with E-state index in [1.807, 2.05) is 61.6 Å². The van der Waals surface area contributed by atoms with Crippen molar-refractivity contribution >= 4 is 29.0 Å². The Bertz CT molecular complexity index is 1140. The SMILES string of the molecule is CNc1ccccc1/C=C/c1ccc(-n2c(=O)[nH]c3ncccc32)cc1. The Morgan fingerprint density at radius 1 is 1.00 bits per heavy atom. The monoisotopic (exact) mass is 342 g/mol. The van der Waals surface area contributed by atoms with E-state index < -0.39 is 0 Å². The molecule has 0 fully saturated rings. The molecule has 128 valence electrons. The van der Waals surface area contributed by atoms with Crippen molar-refractivity contribution in [3.8, 4) is 5.69 Å². The quantitative estimate of drug-likeness (QED) is 0.553. The molecule has 0 atom stereocenters. The Morgan fingerprint density at radius 2 is 1.81 bits per heavy atom. The molecule has 4 aromatic rings. The van der Waals surface area contributed by atoms with Crippen molar-refractivity contribution in [3.05, 3.63) is 88.5 Å². The zero-order valence-electron chi connectivity index (χ0n) is 14.3. The van der Waals surface area contributed by atoms with Gasteiger partial charge in [-0.15, -0.1) is 0 Å². The molecule has 0 aliphatic rings. The van der Waals surface area contributed by atoms with Crippen molar-refractivity contribution in [3.63, 3.8) is 0 Å². The van der Waals surface area contributed by atoms with Crippen LogP contribution in [0.15, 0.2) is 71.7 Å². The van der Waals surface area contributed by atoms with E-state index in [0.717, 1.165) is 28.0 Å². The number of nitrogens with zero attached hydrogens (tertiary/aromatic N) is 2. The van der Waals surface area contributed by atoms with Crippen molar-refractivity contribution < 1.29 is 0 Å². The molecule has 26 heavy (non-hydrogen) atoms. The molecule has 0 unspecified atom stereocenters. The smallest absolute Gasteiger partial charge is 0.332 e. The van der Waals surface area contributed by atoms with Gasteiger partial charge < -0.3 is 5.32 Å². The molecule has 0 bridgehead atoms. The second-order valence-corrected chi connectivity index (χ2v) is 5.90. The lowest BCUT2D eigenvalue weighted by molar-refractivity contribution is 1.02. The van der Waals surface area contributed by atoms with Crippen LogP contribution in [0, 0.1) is 0 Å². The second-order valence-electron chi connectivity index (χ2n) is 5.90. The summed E-state index contributed by atoms with van der Waals surface area (Å²) in [6.45, 7) is 0. The molecular formula is C21H18N4O. The third-order valence-electron chi connectivity index (χ3n) is 4.29. The van der Waals surface area contributed by atoms with Crippen LogP contribution in [0.2, 0.25) is 0 Å². The van der Waals surface area contributed by atoms with Crippen molar-refractivity contribution in [2.24, 2.45) is 0 Å². The lowest BCUT2D eigenvalue weighted by atomic mass is 10.1. The van der Waals surface area contributed by atoms with Gasteiger partial charge in [0.15, 0.2) is 5.65 Å². The summed E-state index contributed by atoms with van der Waals surface area (Å²) in [7, 11) is 1.91. The van der Waals surface area contributed by atoms with E-state index in [0.29, 0.717) is 5.65 Å². The fourth-order valence-electron chi connectivity index (χ4n) is 2.99. The predicted molar refractivity (Wildman–Crippen MR) is 107 cm³/mol. The zero-order chi connectivity index (χ0) is 17.9. The molecule has 0 saturated carbocycles. The van der Waals surface area contributed by atoms with Gasteiger partial charge in [-0.25, -0.2) is 9.78 Å². The summed E-state index contributed by atoms with van der Waals surface area (Å²) >= 11 is 0. The minimum atomic E-state index is -0.190. The lowest BCUT2D eigenvalue weighted by Gasteiger charge is -2.05. The Labute approximate surface area is 150 Å². The van der Waals surface area contributed by atoms with Crippen LogP contribution in [0.1, 0.15) is 11.1 Å². The van der Waals surface area contributed by atoms with Crippen LogP contribution in [0.25, 0.3) is 29.0 Å². The van der Waals surface area contributed by atoms with E-state index in [2.05, 4.69) is 33.5 Å². The van der Waals surface area contributed by atoms with E-state index in [4.69, 9.17) is 0 Å². The highest BCUT2D eigenvalue weighted by Gasteiger charge is 2.08. The second kappa shape index (κ2) is 6.72. The van der Waals surface area contributed by atoms with Gasteiger partial charge in [-0.2, -0.15) is 0 Å². The molecule has 0 aliphatic heterocycles. The minimum Gasteiger partial charge on any atom is -0.388 e. The number of hydrogen-bond acceptors (Lipinski definition) is 3. The zero-order valence-corrected chi connectivity index (χ0v) is 14.3. The van der Waals surface area contributed by atoms with E-state index in [9.17, 15) is 4.79 Å². The van der Waals surface area contributed by atoms with Crippen LogP contribution in [-0.2, 0) is 0 Å². The molecule has 0 spiro atoms. The maximum atomic E-state index is 12.3. The number of para-hydroxylation sites is 1. The summed E-state index contributed by atoms with van der Waals surface area (Å²) in [6, 6.07) is 19.7. The summed E-state index contributed by atoms with van der Waals surface area (Å²) in [5.74, 6) is 0. The average Bonchev–Trinajstić information content (AvgIpc) is 3.02. The van der Waals surface area contributed by atoms with Gasteiger partial charge in [-0.3, -0.25) is 9.55 Å². The summed E-state index contributed by atoms with van der Waals surface area (Å²) in [4.78, 5) is 19.2. The number of imidazole rings is 1. The fraction of sp³-hybridized carbons (Fsp3) is 0.0476. The predicted octanol–water partition coefficient (Wildman–Crippen LogP) is 3.93. The van der Waals surface area contributed by atoms with Crippen molar-refractivity contribution in [2.45, 2.75) is 0 Å². The van der Waals surface area contributed by atoms with Gasteiger partial charge in [0.05, 0.1) is 11.2 Å². The van der Waals surface area contributed by atoms with Gasteiger partial charge in [-0.05, 0) is 41.5 Å². The first-order valence-electron chi connectivity index (χ1n) is 8.37. The Hall–Kier alpha value is -3.60. The average molecular weight is 342 g/mol. The number of rotatable bonds is 4. The number of aromatic nitrogens is 3. The summed E-state index contributed by atoms with van der Waals surface area (Å²) < 4.78 is 1.63. The number of benzene rings is 2. The molecule has 5 heteroatoms. The molecule has 0 aliphatic carbocycles. The van der Waals surface area contributed by atoms with Gasteiger partial charge in [-0.1, -0.05) is 42.5 Å². The molecule has 2 aromatic carbocycles. The van der Waals surface area contributed by atoms with Crippen molar-refractivity contribution in [1.29, 1.82) is 0 Å². The van der Waals surface area contributed by atoms with Gasteiger partial charge >= 0.3 is 5.69 Å². The minimum absolute atomic E-state index is 0.190. The first kappa shape index (κ1) is 15.9.